The lowest BCUT2D eigenvalue weighted by Gasteiger charge is -2.38. The summed E-state index contributed by atoms with van der Waals surface area (Å²) in [5.74, 6) is -0.0791. The maximum Gasteiger partial charge on any atom is 0.293 e. The van der Waals surface area contributed by atoms with Crippen molar-refractivity contribution < 1.29 is 14.5 Å². The molecule has 11 heteroatoms. The van der Waals surface area contributed by atoms with Gasteiger partial charge in [-0.25, -0.2) is 0 Å². The molecule has 3 aromatic carbocycles. The number of thiocarbonyl (C=S) groups is 1. The normalized spacial score (nSPS) is 15.4. The van der Waals surface area contributed by atoms with Crippen molar-refractivity contribution >= 4 is 62.3 Å². The molecule has 1 fully saturated rings. The van der Waals surface area contributed by atoms with Crippen LogP contribution in [0.15, 0.2) is 54.6 Å². The van der Waals surface area contributed by atoms with Gasteiger partial charge in [-0.3, -0.25) is 24.6 Å². The highest BCUT2D eigenvalue weighted by molar-refractivity contribution is 8.22. The third-order valence-corrected chi connectivity index (χ3v) is 8.69. The Morgan fingerprint density at radius 2 is 1.69 bits per heavy atom. The number of carbonyl (C=O) groups excluding carboxylic acids is 2. The van der Waals surface area contributed by atoms with E-state index in [1.54, 1.807) is 30.0 Å². The van der Waals surface area contributed by atoms with Crippen molar-refractivity contribution in [2.75, 3.05) is 58.3 Å². The second kappa shape index (κ2) is 11.3. The lowest BCUT2D eigenvalue weighted by atomic mass is 9.91. The van der Waals surface area contributed by atoms with Gasteiger partial charge >= 0.3 is 0 Å². The van der Waals surface area contributed by atoms with Crippen LogP contribution in [-0.4, -0.2) is 89.1 Å². The standard InChI is InChI=1S/C28H29N5O4S2/c1-29(2)11-16-32-26(34)21-10-6-9-20-24(21)22(27(32)35)17-23(33(36)37)25(20)30-12-14-31(15-13-30)28(38)39-18-19-7-4-3-5-8-19/h3-10,17H,11-16,18H2,1-2H3. The maximum absolute atomic E-state index is 13.4. The molecule has 0 N–H and O–H groups in total. The van der Waals surface area contributed by atoms with E-state index < -0.39 is 10.8 Å². The van der Waals surface area contributed by atoms with Crippen LogP contribution in [0.4, 0.5) is 11.4 Å². The molecule has 2 aliphatic heterocycles. The zero-order valence-electron chi connectivity index (χ0n) is 21.8. The number of carbonyl (C=O) groups is 2. The minimum Gasteiger partial charge on any atom is -0.362 e. The molecule has 202 valence electrons. The number of amides is 2. The van der Waals surface area contributed by atoms with Gasteiger partial charge in [0.05, 0.1) is 10.5 Å². The van der Waals surface area contributed by atoms with Crippen molar-refractivity contribution in [1.29, 1.82) is 0 Å². The minimum absolute atomic E-state index is 0.126. The van der Waals surface area contributed by atoms with Crippen LogP contribution >= 0.6 is 24.0 Å². The average molecular weight is 564 g/mol. The summed E-state index contributed by atoms with van der Waals surface area (Å²) in [6, 6.07) is 16.7. The van der Waals surface area contributed by atoms with E-state index >= 15 is 0 Å². The number of likely N-dealkylation sites (N-methyl/N-ethyl adjacent to an activating group) is 1. The predicted octanol–water partition coefficient (Wildman–Crippen LogP) is 4.25. The van der Waals surface area contributed by atoms with E-state index in [0.717, 1.165) is 10.1 Å². The molecule has 9 nitrogen and oxygen atoms in total. The molecule has 0 unspecified atom stereocenters. The number of nitro benzene ring substituents is 1. The van der Waals surface area contributed by atoms with Gasteiger partial charge in [0.2, 0.25) is 0 Å². The zero-order chi connectivity index (χ0) is 27.7. The van der Waals surface area contributed by atoms with Gasteiger partial charge in [0.1, 0.15) is 10.0 Å². The van der Waals surface area contributed by atoms with Gasteiger partial charge in [0, 0.05) is 67.4 Å². The van der Waals surface area contributed by atoms with Crippen LogP contribution in [0.1, 0.15) is 26.3 Å². The SMILES string of the molecule is CN(C)CCN1C(=O)c2cccc3c(N4CCN(C(=S)SCc5ccccc5)CC4)c([N+](=O)[O-])cc(c23)C1=O. The van der Waals surface area contributed by atoms with Crippen LogP contribution < -0.4 is 4.90 Å². The third-order valence-electron chi connectivity index (χ3n) is 7.09. The summed E-state index contributed by atoms with van der Waals surface area (Å²) in [6.45, 7) is 3.01. The number of imide groups is 1. The van der Waals surface area contributed by atoms with Crippen molar-refractivity contribution in [2.45, 2.75) is 5.75 Å². The van der Waals surface area contributed by atoms with E-state index in [4.69, 9.17) is 12.2 Å². The van der Waals surface area contributed by atoms with Gasteiger partial charge in [0.25, 0.3) is 17.5 Å². The monoisotopic (exact) mass is 563 g/mol. The molecule has 3 aromatic rings. The molecule has 0 aromatic heterocycles. The maximum atomic E-state index is 13.4. The van der Waals surface area contributed by atoms with E-state index in [1.807, 2.05) is 42.1 Å². The van der Waals surface area contributed by atoms with Crippen LogP contribution in [0.3, 0.4) is 0 Å². The Kier molecular flexibility index (Phi) is 7.83. The predicted molar refractivity (Wildman–Crippen MR) is 159 cm³/mol. The molecule has 0 bridgehead atoms. The topological polar surface area (TPSA) is 90.2 Å². The first-order valence-corrected chi connectivity index (χ1v) is 14.1. The van der Waals surface area contributed by atoms with Gasteiger partial charge in [-0.15, -0.1) is 0 Å². The first-order chi connectivity index (χ1) is 18.8. The minimum atomic E-state index is -0.495. The molecule has 5 rings (SSSR count). The highest BCUT2D eigenvalue weighted by Gasteiger charge is 2.37. The lowest BCUT2D eigenvalue weighted by Crippen LogP contribution is -2.48. The summed E-state index contributed by atoms with van der Waals surface area (Å²) in [7, 11) is 3.72. The quantitative estimate of drug-likeness (QED) is 0.181. The zero-order valence-corrected chi connectivity index (χ0v) is 23.5. The molecule has 39 heavy (non-hydrogen) atoms. The number of hydrogen-bond acceptors (Lipinski definition) is 8. The Balaban J connectivity index is 1.42. The highest BCUT2D eigenvalue weighted by atomic mass is 32.2. The van der Waals surface area contributed by atoms with Gasteiger partial charge in [-0.1, -0.05) is 66.4 Å². The Morgan fingerprint density at radius 3 is 2.36 bits per heavy atom. The fraction of sp³-hybridized carbons (Fsp3) is 0.321. The Hall–Kier alpha value is -3.54. The van der Waals surface area contributed by atoms with E-state index in [0.29, 0.717) is 54.7 Å². The average Bonchev–Trinajstić information content (AvgIpc) is 2.94. The van der Waals surface area contributed by atoms with E-state index in [9.17, 15) is 19.7 Å². The molecule has 2 aliphatic rings. The number of nitro groups is 1. The smallest absolute Gasteiger partial charge is 0.293 e. The fourth-order valence-electron chi connectivity index (χ4n) is 5.08. The largest absolute Gasteiger partial charge is 0.362 e. The van der Waals surface area contributed by atoms with Gasteiger partial charge in [-0.05, 0) is 25.7 Å². The number of hydrogen-bond donors (Lipinski definition) is 0. The summed E-state index contributed by atoms with van der Waals surface area (Å²) >= 11 is 7.30. The summed E-state index contributed by atoms with van der Waals surface area (Å²) in [5, 5.41) is 13.3. The molecule has 0 aliphatic carbocycles. The van der Waals surface area contributed by atoms with Gasteiger partial charge in [-0.2, -0.15) is 0 Å². The summed E-state index contributed by atoms with van der Waals surface area (Å²) in [4.78, 5) is 45.8. The second-order valence-electron chi connectivity index (χ2n) is 9.86. The number of anilines is 1. The second-order valence-corrected chi connectivity index (χ2v) is 11.5. The van der Waals surface area contributed by atoms with Crippen LogP contribution in [0, 0.1) is 10.1 Å². The fourth-order valence-corrected chi connectivity index (χ4v) is 6.29. The summed E-state index contributed by atoms with van der Waals surface area (Å²) in [5.41, 5.74) is 2.12. The molecule has 1 saturated heterocycles. The van der Waals surface area contributed by atoms with Crippen LogP contribution in [-0.2, 0) is 5.75 Å². The van der Waals surface area contributed by atoms with Crippen molar-refractivity contribution in [1.82, 2.24) is 14.7 Å². The molecule has 0 atom stereocenters. The molecule has 0 spiro atoms. The van der Waals surface area contributed by atoms with Crippen molar-refractivity contribution in [3.63, 3.8) is 0 Å². The molecule has 0 radical (unpaired) electrons. The van der Waals surface area contributed by atoms with Crippen molar-refractivity contribution in [2.24, 2.45) is 0 Å². The van der Waals surface area contributed by atoms with Crippen LogP contribution in [0.2, 0.25) is 0 Å². The van der Waals surface area contributed by atoms with E-state index in [2.05, 4.69) is 17.0 Å². The first kappa shape index (κ1) is 27.0. The summed E-state index contributed by atoms with van der Waals surface area (Å²) < 4.78 is 0.805. The summed E-state index contributed by atoms with van der Waals surface area (Å²) in [6.07, 6.45) is 0. The molecular weight excluding hydrogens is 534 g/mol. The Labute approximate surface area is 236 Å². The van der Waals surface area contributed by atoms with Crippen molar-refractivity contribution in [3.8, 4) is 0 Å². The van der Waals surface area contributed by atoms with Crippen LogP contribution in [0.25, 0.3) is 10.8 Å². The van der Waals surface area contributed by atoms with Crippen molar-refractivity contribution in [3.05, 3.63) is 81.4 Å². The molecular formula is C28H29N5O4S2. The van der Waals surface area contributed by atoms with Crippen LogP contribution in [0.5, 0.6) is 0 Å². The number of piperazine rings is 1. The third kappa shape index (κ3) is 5.34. The lowest BCUT2D eigenvalue weighted by molar-refractivity contribution is -0.384. The number of thioether (sulfide) groups is 1. The van der Waals surface area contributed by atoms with Gasteiger partial charge in [0.15, 0.2) is 0 Å². The number of benzene rings is 3. The van der Waals surface area contributed by atoms with Gasteiger partial charge < -0.3 is 14.7 Å². The molecule has 2 heterocycles. The molecule has 2 amide bonds. The van der Waals surface area contributed by atoms with E-state index in [1.165, 1.54) is 16.5 Å². The number of rotatable bonds is 7. The first-order valence-electron chi connectivity index (χ1n) is 12.7. The Bertz CT molecular complexity index is 1460. The number of nitrogens with zero attached hydrogens (tertiary/aromatic N) is 5. The van der Waals surface area contributed by atoms with E-state index in [-0.39, 0.29) is 23.7 Å². The Morgan fingerprint density at radius 1 is 1.00 bits per heavy atom. The highest BCUT2D eigenvalue weighted by Crippen LogP contribution is 2.42. The molecule has 0 saturated carbocycles.